The standard InChI is InChI=1S/C11H13BrFNO2/c1-16-7-5-6(13)9(12)8(10(7)15)11(14)3-2-4-11/h5,15H,2-4,14H2,1H3. The minimum absolute atomic E-state index is 0.0713. The molecule has 0 atom stereocenters. The van der Waals surface area contributed by atoms with E-state index in [4.69, 9.17) is 10.5 Å². The summed E-state index contributed by atoms with van der Waals surface area (Å²) in [6.45, 7) is 0. The van der Waals surface area contributed by atoms with Gasteiger partial charge in [-0.25, -0.2) is 4.39 Å². The van der Waals surface area contributed by atoms with Crippen molar-refractivity contribution in [1.29, 1.82) is 0 Å². The molecular formula is C11H13BrFNO2. The lowest BCUT2D eigenvalue weighted by Crippen LogP contribution is -2.43. The molecule has 0 heterocycles. The van der Waals surface area contributed by atoms with Gasteiger partial charge in [-0.05, 0) is 35.2 Å². The van der Waals surface area contributed by atoms with Crippen LogP contribution in [0.3, 0.4) is 0 Å². The van der Waals surface area contributed by atoms with Crippen molar-refractivity contribution in [2.45, 2.75) is 24.8 Å². The lowest BCUT2D eigenvalue weighted by Gasteiger charge is -2.39. The van der Waals surface area contributed by atoms with Gasteiger partial charge in [0.25, 0.3) is 0 Å². The summed E-state index contributed by atoms with van der Waals surface area (Å²) < 4.78 is 18.8. The van der Waals surface area contributed by atoms with E-state index in [1.807, 2.05) is 0 Å². The van der Waals surface area contributed by atoms with Crippen molar-refractivity contribution in [3.05, 3.63) is 21.9 Å². The van der Waals surface area contributed by atoms with Gasteiger partial charge in [0.1, 0.15) is 5.82 Å². The Bertz CT molecular complexity index is 432. The van der Waals surface area contributed by atoms with Crippen molar-refractivity contribution in [2.75, 3.05) is 7.11 Å². The van der Waals surface area contributed by atoms with Crippen molar-refractivity contribution in [1.82, 2.24) is 0 Å². The van der Waals surface area contributed by atoms with Crippen molar-refractivity contribution in [2.24, 2.45) is 5.73 Å². The van der Waals surface area contributed by atoms with E-state index in [0.29, 0.717) is 5.56 Å². The van der Waals surface area contributed by atoms with E-state index >= 15 is 0 Å². The fraction of sp³-hybridized carbons (Fsp3) is 0.455. The molecule has 1 fully saturated rings. The maximum atomic E-state index is 13.6. The molecule has 3 nitrogen and oxygen atoms in total. The van der Waals surface area contributed by atoms with Gasteiger partial charge < -0.3 is 15.6 Å². The van der Waals surface area contributed by atoms with E-state index in [0.717, 1.165) is 25.3 Å². The molecule has 3 N–H and O–H groups in total. The number of benzene rings is 1. The molecule has 0 amide bonds. The van der Waals surface area contributed by atoms with Crippen LogP contribution in [0.4, 0.5) is 4.39 Å². The molecule has 0 bridgehead atoms. The van der Waals surface area contributed by atoms with Crippen molar-refractivity contribution < 1.29 is 14.2 Å². The highest BCUT2D eigenvalue weighted by Crippen LogP contribution is 2.49. The number of phenolic OH excluding ortho intramolecular Hbond substituents is 1. The minimum atomic E-state index is -0.641. The molecule has 0 spiro atoms. The van der Waals surface area contributed by atoms with Crippen LogP contribution >= 0.6 is 15.9 Å². The van der Waals surface area contributed by atoms with E-state index in [-0.39, 0.29) is 16.0 Å². The normalized spacial score (nSPS) is 18.0. The molecule has 1 aromatic carbocycles. The predicted octanol–water partition coefficient (Wildman–Crippen LogP) is 2.64. The van der Waals surface area contributed by atoms with Crippen LogP contribution in [0.25, 0.3) is 0 Å². The van der Waals surface area contributed by atoms with Crippen LogP contribution in [0.2, 0.25) is 0 Å². The Morgan fingerprint density at radius 3 is 2.62 bits per heavy atom. The van der Waals surface area contributed by atoms with Crippen LogP contribution in [0.5, 0.6) is 11.5 Å². The molecule has 0 radical (unpaired) electrons. The maximum Gasteiger partial charge on any atom is 0.164 e. The Balaban J connectivity index is 2.62. The molecule has 1 aliphatic carbocycles. The van der Waals surface area contributed by atoms with Gasteiger partial charge in [0.2, 0.25) is 0 Å². The Hall–Kier alpha value is -0.810. The third-order valence-electron chi connectivity index (χ3n) is 3.12. The van der Waals surface area contributed by atoms with Crippen LogP contribution in [-0.4, -0.2) is 12.2 Å². The summed E-state index contributed by atoms with van der Waals surface area (Å²) in [5.41, 5.74) is 5.88. The zero-order chi connectivity index (χ0) is 11.9. The molecule has 1 aromatic rings. The molecule has 2 rings (SSSR count). The van der Waals surface area contributed by atoms with E-state index in [1.54, 1.807) is 0 Å². The first-order chi connectivity index (χ1) is 7.49. The molecule has 0 saturated heterocycles. The van der Waals surface area contributed by atoms with Crippen LogP contribution < -0.4 is 10.5 Å². The van der Waals surface area contributed by atoms with Crippen LogP contribution in [0.1, 0.15) is 24.8 Å². The second-order valence-corrected chi connectivity index (χ2v) is 4.90. The molecule has 0 aliphatic heterocycles. The van der Waals surface area contributed by atoms with Crippen molar-refractivity contribution in [3.8, 4) is 11.5 Å². The molecule has 0 unspecified atom stereocenters. The number of nitrogens with two attached hydrogens (primary N) is 1. The fourth-order valence-electron chi connectivity index (χ4n) is 2.01. The lowest BCUT2D eigenvalue weighted by molar-refractivity contribution is 0.239. The molecule has 16 heavy (non-hydrogen) atoms. The lowest BCUT2D eigenvalue weighted by atomic mass is 9.72. The highest BCUT2D eigenvalue weighted by molar-refractivity contribution is 9.10. The fourth-order valence-corrected chi connectivity index (χ4v) is 2.71. The number of phenols is 1. The van der Waals surface area contributed by atoms with Crippen LogP contribution in [-0.2, 0) is 5.54 Å². The zero-order valence-electron chi connectivity index (χ0n) is 8.89. The highest BCUT2D eigenvalue weighted by Gasteiger charge is 2.40. The Morgan fingerprint density at radius 1 is 1.56 bits per heavy atom. The van der Waals surface area contributed by atoms with Crippen LogP contribution in [0, 0.1) is 5.82 Å². The largest absolute Gasteiger partial charge is 0.504 e. The van der Waals surface area contributed by atoms with E-state index in [1.165, 1.54) is 7.11 Å². The van der Waals surface area contributed by atoms with Gasteiger partial charge in [0.15, 0.2) is 11.5 Å². The average molecular weight is 290 g/mol. The number of rotatable bonds is 2. The second-order valence-electron chi connectivity index (χ2n) is 4.11. The number of halogens is 2. The average Bonchev–Trinajstić information content (AvgIpc) is 2.21. The van der Waals surface area contributed by atoms with Gasteiger partial charge in [-0.2, -0.15) is 0 Å². The monoisotopic (exact) mass is 289 g/mol. The smallest absolute Gasteiger partial charge is 0.164 e. The molecule has 88 valence electrons. The summed E-state index contributed by atoms with van der Waals surface area (Å²) in [5, 5.41) is 9.99. The van der Waals surface area contributed by atoms with Crippen molar-refractivity contribution >= 4 is 15.9 Å². The number of methoxy groups -OCH3 is 1. The number of ether oxygens (including phenoxy) is 1. The highest BCUT2D eigenvalue weighted by atomic mass is 79.9. The molecule has 5 heteroatoms. The van der Waals surface area contributed by atoms with E-state index < -0.39 is 11.4 Å². The van der Waals surface area contributed by atoms with Gasteiger partial charge in [-0.3, -0.25) is 0 Å². The first-order valence-electron chi connectivity index (χ1n) is 5.04. The summed E-state index contributed by atoms with van der Waals surface area (Å²) >= 11 is 3.13. The number of aromatic hydroxyl groups is 1. The first-order valence-corrected chi connectivity index (χ1v) is 5.83. The molecule has 0 aromatic heterocycles. The molecular weight excluding hydrogens is 277 g/mol. The van der Waals surface area contributed by atoms with Gasteiger partial charge in [0, 0.05) is 17.2 Å². The van der Waals surface area contributed by atoms with Crippen LogP contribution in [0.15, 0.2) is 10.5 Å². The zero-order valence-corrected chi connectivity index (χ0v) is 10.5. The topological polar surface area (TPSA) is 55.5 Å². The summed E-state index contributed by atoms with van der Waals surface area (Å²) in [6.07, 6.45) is 2.47. The third-order valence-corrected chi connectivity index (χ3v) is 3.90. The molecule has 1 aliphatic rings. The SMILES string of the molecule is COc1cc(F)c(Br)c(C2(N)CCC2)c1O. The van der Waals surface area contributed by atoms with Gasteiger partial charge in [-0.1, -0.05) is 0 Å². The van der Waals surface area contributed by atoms with Gasteiger partial charge >= 0.3 is 0 Å². The number of hydrogen-bond acceptors (Lipinski definition) is 3. The summed E-state index contributed by atoms with van der Waals surface area (Å²) in [6, 6.07) is 1.14. The van der Waals surface area contributed by atoms with E-state index in [2.05, 4.69) is 15.9 Å². The third kappa shape index (κ3) is 1.58. The van der Waals surface area contributed by atoms with Gasteiger partial charge in [0.05, 0.1) is 11.6 Å². The molecule has 1 saturated carbocycles. The van der Waals surface area contributed by atoms with E-state index in [9.17, 15) is 9.50 Å². The quantitative estimate of drug-likeness (QED) is 0.880. The Morgan fingerprint density at radius 2 is 2.19 bits per heavy atom. The van der Waals surface area contributed by atoms with Crippen molar-refractivity contribution in [3.63, 3.8) is 0 Å². The summed E-state index contributed by atoms with van der Waals surface area (Å²) in [4.78, 5) is 0. The second kappa shape index (κ2) is 3.89. The summed E-state index contributed by atoms with van der Waals surface area (Å²) in [7, 11) is 1.39. The predicted molar refractivity (Wildman–Crippen MR) is 62.0 cm³/mol. The minimum Gasteiger partial charge on any atom is -0.504 e. The Kier molecular flexibility index (Phi) is 2.84. The number of hydrogen-bond donors (Lipinski definition) is 2. The summed E-state index contributed by atoms with van der Waals surface area (Å²) in [5.74, 6) is -0.424. The maximum absolute atomic E-state index is 13.6. The van der Waals surface area contributed by atoms with Gasteiger partial charge in [-0.15, -0.1) is 0 Å². The first kappa shape index (κ1) is 11.7. The Labute approximate surface area is 102 Å².